The van der Waals surface area contributed by atoms with Crippen molar-refractivity contribution < 1.29 is 4.74 Å². The van der Waals surface area contributed by atoms with Gasteiger partial charge in [0.05, 0.1) is 25.5 Å². The molecule has 26 heavy (non-hydrogen) atoms. The van der Waals surface area contributed by atoms with Crippen LogP contribution in [0.5, 0.6) is 0 Å². The van der Waals surface area contributed by atoms with E-state index in [1.807, 2.05) is 19.3 Å². The van der Waals surface area contributed by atoms with Gasteiger partial charge in [-0.1, -0.05) is 25.3 Å². The molecule has 0 amide bonds. The monoisotopic (exact) mass is 359 g/mol. The summed E-state index contributed by atoms with van der Waals surface area (Å²) in [4.78, 5) is 11.5. The van der Waals surface area contributed by atoms with Crippen LogP contribution in [-0.4, -0.2) is 61.3 Å². The van der Waals surface area contributed by atoms with Gasteiger partial charge in [-0.05, 0) is 31.4 Å². The van der Waals surface area contributed by atoms with Crippen LogP contribution in [0, 0.1) is 6.92 Å². The molecule has 1 aliphatic carbocycles. The zero-order valence-corrected chi connectivity index (χ0v) is 16.3. The van der Waals surface area contributed by atoms with Gasteiger partial charge in [0.25, 0.3) is 0 Å². The van der Waals surface area contributed by atoms with E-state index in [9.17, 15) is 0 Å². The maximum absolute atomic E-state index is 5.58. The molecule has 1 aliphatic heterocycles. The summed E-state index contributed by atoms with van der Waals surface area (Å²) >= 11 is 0. The number of pyridine rings is 1. The molecule has 1 saturated heterocycles. The Labute approximate surface area is 157 Å². The summed E-state index contributed by atoms with van der Waals surface area (Å²) in [6.07, 6.45) is 8.36. The van der Waals surface area contributed by atoms with Gasteiger partial charge in [0, 0.05) is 38.4 Å². The number of hydrogen-bond donors (Lipinski definition) is 2. The van der Waals surface area contributed by atoms with Gasteiger partial charge in [0.15, 0.2) is 5.96 Å². The SMILES string of the molecule is CN=C(NCc1ncccc1C)NCC1(N2CCOCC2)CCCCC1. The minimum absolute atomic E-state index is 0.237. The summed E-state index contributed by atoms with van der Waals surface area (Å²) < 4.78 is 5.58. The van der Waals surface area contributed by atoms with E-state index < -0.39 is 0 Å². The Morgan fingerprint density at radius 2 is 2.00 bits per heavy atom. The number of aliphatic imine (C=N–C) groups is 1. The van der Waals surface area contributed by atoms with E-state index in [1.165, 1.54) is 37.7 Å². The van der Waals surface area contributed by atoms with E-state index in [0.717, 1.165) is 44.5 Å². The van der Waals surface area contributed by atoms with Gasteiger partial charge in [-0.2, -0.15) is 0 Å². The number of nitrogens with zero attached hydrogens (tertiary/aromatic N) is 3. The highest BCUT2D eigenvalue weighted by Gasteiger charge is 2.38. The lowest BCUT2D eigenvalue weighted by molar-refractivity contribution is -0.0352. The molecule has 2 heterocycles. The van der Waals surface area contributed by atoms with Gasteiger partial charge in [-0.25, -0.2) is 0 Å². The lowest BCUT2D eigenvalue weighted by Crippen LogP contribution is -2.60. The fourth-order valence-electron chi connectivity index (χ4n) is 4.19. The second-order valence-corrected chi connectivity index (χ2v) is 7.43. The Morgan fingerprint density at radius 3 is 2.69 bits per heavy atom. The normalized spacial score (nSPS) is 21.4. The summed E-state index contributed by atoms with van der Waals surface area (Å²) in [7, 11) is 1.84. The molecule has 0 bridgehead atoms. The molecule has 0 atom stereocenters. The van der Waals surface area contributed by atoms with E-state index >= 15 is 0 Å². The maximum Gasteiger partial charge on any atom is 0.191 e. The smallest absolute Gasteiger partial charge is 0.191 e. The molecular weight excluding hydrogens is 326 g/mol. The van der Waals surface area contributed by atoms with Crippen molar-refractivity contribution in [1.29, 1.82) is 0 Å². The largest absolute Gasteiger partial charge is 0.379 e. The Balaban J connectivity index is 1.58. The summed E-state index contributed by atoms with van der Waals surface area (Å²) in [6, 6.07) is 4.07. The molecule has 3 rings (SSSR count). The second-order valence-electron chi connectivity index (χ2n) is 7.43. The van der Waals surface area contributed by atoms with Gasteiger partial charge in [-0.3, -0.25) is 14.9 Å². The first-order valence-corrected chi connectivity index (χ1v) is 9.91. The predicted octanol–water partition coefficient (Wildman–Crippen LogP) is 2.09. The maximum atomic E-state index is 5.58. The molecule has 0 radical (unpaired) electrons. The van der Waals surface area contributed by atoms with Gasteiger partial charge in [-0.15, -0.1) is 0 Å². The highest BCUT2D eigenvalue weighted by molar-refractivity contribution is 5.79. The lowest BCUT2D eigenvalue weighted by atomic mass is 9.80. The summed E-state index contributed by atoms with van der Waals surface area (Å²) in [5.41, 5.74) is 2.50. The van der Waals surface area contributed by atoms with Crippen molar-refractivity contribution in [3.63, 3.8) is 0 Å². The fourth-order valence-corrected chi connectivity index (χ4v) is 4.19. The predicted molar refractivity (Wildman–Crippen MR) is 105 cm³/mol. The van der Waals surface area contributed by atoms with Crippen LogP contribution >= 0.6 is 0 Å². The van der Waals surface area contributed by atoms with Crippen molar-refractivity contribution in [3.8, 4) is 0 Å². The van der Waals surface area contributed by atoms with Crippen LogP contribution in [-0.2, 0) is 11.3 Å². The molecule has 1 aromatic rings. The van der Waals surface area contributed by atoms with Crippen LogP contribution in [0.4, 0.5) is 0 Å². The molecule has 2 N–H and O–H groups in total. The number of morpholine rings is 1. The average Bonchev–Trinajstić information content (AvgIpc) is 2.71. The van der Waals surface area contributed by atoms with E-state index in [0.29, 0.717) is 6.54 Å². The number of rotatable bonds is 5. The van der Waals surface area contributed by atoms with E-state index in [4.69, 9.17) is 4.74 Å². The second kappa shape index (κ2) is 9.33. The van der Waals surface area contributed by atoms with Gasteiger partial charge in [0.1, 0.15) is 0 Å². The molecule has 2 fully saturated rings. The molecule has 1 aromatic heterocycles. The van der Waals surface area contributed by atoms with Crippen molar-refractivity contribution in [2.75, 3.05) is 39.9 Å². The summed E-state index contributed by atoms with van der Waals surface area (Å²) in [5, 5.41) is 7.02. The summed E-state index contributed by atoms with van der Waals surface area (Å²) in [6.45, 7) is 7.52. The van der Waals surface area contributed by atoms with Gasteiger partial charge >= 0.3 is 0 Å². The molecular formula is C20H33N5O. The number of aryl methyl sites for hydroxylation is 1. The Bertz CT molecular complexity index is 592. The molecule has 0 aromatic carbocycles. The van der Waals surface area contributed by atoms with Crippen LogP contribution < -0.4 is 10.6 Å². The van der Waals surface area contributed by atoms with Crippen LogP contribution in [0.15, 0.2) is 23.3 Å². The first-order chi connectivity index (χ1) is 12.7. The third-order valence-electron chi connectivity index (χ3n) is 5.82. The zero-order valence-electron chi connectivity index (χ0n) is 16.3. The Hall–Kier alpha value is -1.66. The minimum atomic E-state index is 0.237. The molecule has 0 spiro atoms. The molecule has 0 unspecified atom stereocenters. The number of aromatic nitrogens is 1. The van der Waals surface area contributed by atoms with Crippen LogP contribution in [0.25, 0.3) is 0 Å². The molecule has 144 valence electrons. The Morgan fingerprint density at radius 1 is 1.23 bits per heavy atom. The lowest BCUT2D eigenvalue weighted by Gasteiger charge is -2.48. The highest BCUT2D eigenvalue weighted by atomic mass is 16.5. The van der Waals surface area contributed by atoms with Crippen molar-refractivity contribution >= 4 is 5.96 Å². The molecule has 6 heteroatoms. The van der Waals surface area contributed by atoms with E-state index in [-0.39, 0.29) is 5.54 Å². The van der Waals surface area contributed by atoms with Crippen molar-refractivity contribution in [2.24, 2.45) is 4.99 Å². The topological polar surface area (TPSA) is 61.8 Å². The fraction of sp³-hybridized carbons (Fsp3) is 0.700. The highest BCUT2D eigenvalue weighted by Crippen LogP contribution is 2.33. The number of ether oxygens (including phenoxy) is 1. The van der Waals surface area contributed by atoms with E-state index in [2.05, 4.69) is 38.5 Å². The molecule has 6 nitrogen and oxygen atoms in total. The quantitative estimate of drug-likeness (QED) is 0.623. The van der Waals surface area contributed by atoms with Crippen molar-refractivity contribution in [2.45, 2.75) is 51.1 Å². The van der Waals surface area contributed by atoms with Gasteiger partial charge in [0.2, 0.25) is 0 Å². The van der Waals surface area contributed by atoms with Crippen molar-refractivity contribution in [3.05, 3.63) is 29.6 Å². The average molecular weight is 360 g/mol. The van der Waals surface area contributed by atoms with Crippen LogP contribution in [0.3, 0.4) is 0 Å². The number of nitrogens with one attached hydrogen (secondary N) is 2. The standard InChI is InChI=1S/C20H33N5O/c1-17-7-6-10-22-18(17)15-23-19(21-2)24-16-20(8-4-3-5-9-20)25-11-13-26-14-12-25/h6-7,10H,3-5,8-9,11-16H2,1-2H3,(H2,21,23,24). The molecule has 1 saturated carbocycles. The van der Waals surface area contributed by atoms with Crippen LogP contribution in [0.2, 0.25) is 0 Å². The zero-order chi connectivity index (χ0) is 18.2. The van der Waals surface area contributed by atoms with Crippen molar-refractivity contribution in [1.82, 2.24) is 20.5 Å². The third kappa shape index (κ3) is 4.74. The van der Waals surface area contributed by atoms with Crippen LogP contribution in [0.1, 0.15) is 43.4 Å². The Kier molecular flexibility index (Phi) is 6.86. The number of hydrogen-bond acceptors (Lipinski definition) is 4. The summed E-state index contributed by atoms with van der Waals surface area (Å²) in [5.74, 6) is 0.855. The first-order valence-electron chi connectivity index (χ1n) is 9.91. The van der Waals surface area contributed by atoms with Gasteiger partial charge < -0.3 is 15.4 Å². The third-order valence-corrected chi connectivity index (χ3v) is 5.82. The van der Waals surface area contributed by atoms with E-state index in [1.54, 1.807) is 0 Å². The first kappa shape index (κ1) is 19.1. The number of guanidine groups is 1. The minimum Gasteiger partial charge on any atom is -0.379 e. The molecule has 2 aliphatic rings.